The van der Waals surface area contributed by atoms with Crippen LogP contribution in [0.25, 0.3) is 17.1 Å². The van der Waals surface area contributed by atoms with Crippen LogP contribution in [0, 0.1) is 5.82 Å². The summed E-state index contributed by atoms with van der Waals surface area (Å²) in [5.41, 5.74) is -0.465. The van der Waals surface area contributed by atoms with Gasteiger partial charge >= 0.3 is 5.97 Å². The summed E-state index contributed by atoms with van der Waals surface area (Å²) >= 11 is 0. The molecule has 2 aromatic rings. The number of anilines is 1. The van der Waals surface area contributed by atoms with Gasteiger partial charge in [0.2, 0.25) is 5.43 Å². The van der Waals surface area contributed by atoms with Crippen LogP contribution in [-0.2, 0) is 0 Å². The summed E-state index contributed by atoms with van der Waals surface area (Å²) in [6, 6.07) is 1.29. The van der Waals surface area contributed by atoms with Crippen molar-refractivity contribution < 1.29 is 19.0 Å². The Balaban J connectivity index is 2.02. The molecule has 3 heterocycles. The Hall–Kier alpha value is -2.87. The number of pyridine rings is 1. The minimum Gasteiger partial charge on any atom is -0.477 e. The first-order valence-corrected chi connectivity index (χ1v) is 7.93. The lowest BCUT2D eigenvalue weighted by Gasteiger charge is -2.35. The van der Waals surface area contributed by atoms with Gasteiger partial charge in [-0.3, -0.25) is 4.79 Å². The van der Waals surface area contributed by atoms with Gasteiger partial charge in [-0.25, -0.2) is 9.18 Å². The average molecular weight is 345 g/mol. The first-order valence-electron chi connectivity index (χ1n) is 7.93. The van der Waals surface area contributed by atoms with Crippen molar-refractivity contribution in [2.45, 2.75) is 13.0 Å². The Labute approximate surface area is 141 Å². The molecule has 7 nitrogen and oxygen atoms in total. The third kappa shape index (κ3) is 2.37. The van der Waals surface area contributed by atoms with Crippen LogP contribution in [-0.4, -0.2) is 41.3 Å². The van der Waals surface area contributed by atoms with Crippen molar-refractivity contribution in [1.29, 1.82) is 0 Å². The Bertz CT molecular complexity index is 982. The van der Waals surface area contributed by atoms with Gasteiger partial charge in [0.05, 0.1) is 5.39 Å². The summed E-state index contributed by atoms with van der Waals surface area (Å²) in [6.45, 7) is 3.91. The smallest absolute Gasteiger partial charge is 0.341 e. The molecule has 4 rings (SSSR count). The van der Waals surface area contributed by atoms with Gasteiger partial charge in [0.1, 0.15) is 23.0 Å². The first kappa shape index (κ1) is 15.6. The molecule has 1 unspecified atom stereocenters. The van der Waals surface area contributed by atoms with Gasteiger partial charge in [-0.1, -0.05) is 0 Å². The molecule has 2 N–H and O–H groups in total. The Kier molecular flexibility index (Phi) is 3.50. The van der Waals surface area contributed by atoms with Gasteiger partial charge in [-0.15, -0.1) is 0 Å². The highest BCUT2D eigenvalue weighted by Gasteiger charge is 2.28. The first-order chi connectivity index (χ1) is 12.0. The van der Waals surface area contributed by atoms with Crippen molar-refractivity contribution >= 4 is 28.8 Å². The van der Waals surface area contributed by atoms with Crippen molar-refractivity contribution in [2.75, 3.05) is 24.5 Å². The van der Waals surface area contributed by atoms with Crippen LogP contribution in [0.5, 0.6) is 5.75 Å². The molecule has 2 aliphatic heterocycles. The molecule has 1 saturated heterocycles. The standard InChI is InChI=1S/C17H16FN3O4/c1-9-7-20(3-2-19-9)14-12(18)6-10-13-16(14)25-5-4-21(13)8-11(15(10)22)17(23)24/h4-6,8-9,19H,2-3,7H2,1H3,(H,23,24). The molecule has 130 valence electrons. The zero-order valence-electron chi connectivity index (χ0n) is 13.5. The molecule has 8 heteroatoms. The fourth-order valence-corrected chi connectivity index (χ4v) is 3.42. The highest BCUT2D eigenvalue weighted by molar-refractivity contribution is 5.98. The number of aromatic nitrogens is 1. The van der Waals surface area contributed by atoms with E-state index in [0.717, 1.165) is 6.07 Å². The third-order valence-electron chi connectivity index (χ3n) is 4.52. The summed E-state index contributed by atoms with van der Waals surface area (Å²) in [7, 11) is 0. The lowest BCUT2D eigenvalue weighted by atomic mass is 10.1. The summed E-state index contributed by atoms with van der Waals surface area (Å²) < 4.78 is 21.9. The predicted octanol–water partition coefficient (Wildman–Crippen LogP) is 1.46. The number of carbonyl (C=O) groups is 1. The predicted molar refractivity (Wildman–Crippen MR) is 90.8 cm³/mol. The fourth-order valence-electron chi connectivity index (χ4n) is 3.42. The number of rotatable bonds is 2. The van der Waals surface area contributed by atoms with Crippen LogP contribution < -0.4 is 20.4 Å². The molecule has 25 heavy (non-hydrogen) atoms. The van der Waals surface area contributed by atoms with Crippen molar-refractivity contribution in [2.24, 2.45) is 0 Å². The Morgan fingerprint density at radius 2 is 2.28 bits per heavy atom. The summed E-state index contributed by atoms with van der Waals surface area (Å²) in [5.74, 6) is -1.71. The van der Waals surface area contributed by atoms with E-state index in [1.165, 1.54) is 23.2 Å². The number of benzene rings is 1. The third-order valence-corrected chi connectivity index (χ3v) is 4.52. The lowest BCUT2D eigenvalue weighted by Crippen LogP contribution is -2.49. The second kappa shape index (κ2) is 5.59. The lowest BCUT2D eigenvalue weighted by molar-refractivity contribution is 0.0695. The topological polar surface area (TPSA) is 83.8 Å². The molecular weight excluding hydrogens is 329 g/mol. The normalized spacial score (nSPS) is 19.1. The van der Waals surface area contributed by atoms with Crippen molar-refractivity contribution in [1.82, 2.24) is 9.88 Å². The molecule has 0 saturated carbocycles. The monoisotopic (exact) mass is 345 g/mol. The van der Waals surface area contributed by atoms with Gasteiger partial charge in [0.25, 0.3) is 0 Å². The number of nitrogens with one attached hydrogen (secondary N) is 1. The van der Waals surface area contributed by atoms with Crippen molar-refractivity contribution in [3.8, 4) is 5.75 Å². The highest BCUT2D eigenvalue weighted by atomic mass is 19.1. The Morgan fingerprint density at radius 1 is 1.48 bits per heavy atom. The molecule has 0 amide bonds. The van der Waals surface area contributed by atoms with E-state index in [9.17, 15) is 19.1 Å². The van der Waals surface area contributed by atoms with Crippen LogP contribution in [0.15, 0.2) is 23.3 Å². The number of carboxylic acid groups (broad SMARTS) is 1. The summed E-state index contributed by atoms with van der Waals surface area (Å²) in [5, 5.41) is 12.5. The molecular formula is C17H16FN3O4. The molecule has 0 spiro atoms. The summed E-state index contributed by atoms with van der Waals surface area (Å²) in [4.78, 5) is 25.6. The second-order valence-corrected chi connectivity index (χ2v) is 6.22. The molecule has 1 fully saturated rings. The number of hydrogen-bond donors (Lipinski definition) is 2. The molecule has 1 aromatic carbocycles. The van der Waals surface area contributed by atoms with E-state index in [4.69, 9.17) is 4.74 Å². The maximum atomic E-state index is 14.9. The largest absolute Gasteiger partial charge is 0.477 e. The molecule has 1 atom stereocenters. The van der Waals surface area contributed by atoms with E-state index in [-0.39, 0.29) is 17.2 Å². The molecule has 0 radical (unpaired) electrons. The maximum absolute atomic E-state index is 14.9. The number of piperazine rings is 1. The van der Waals surface area contributed by atoms with E-state index in [0.29, 0.717) is 30.8 Å². The van der Waals surface area contributed by atoms with E-state index < -0.39 is 22.8 Å². The van der Waals surface area contributed by atoms with Crippen LogP contribution in [0.4, 0.5) is 10.1 Å². The summed E-state index contributed by atoms with van der Waals surface area (Å²) in [6.07, 6.45) is 4.09. The molecule has 1 aromatic heterocycles. The maximum Gasteiger partial charge on any atom is 0.341 e. The number of hydrogen-bond acceptors (Lipinski definition) is 5. The second-order valence-electron chi connectivity index (χ2n) is 6.22. The van der Waals surface area contributed by atoms with Crippen LogP contribution in [0.3, 0.4) is 0 Å². The van der Waals surface area contributed by atoms with E-state index in [1.54, 1.807) is 0 Å². The van der Waals surface area contributed by atoms with Gasteiger partial charge in [0, 0.05) is 38.1 Å². The van der Waals surface area contributed by atoms with E-state index >= 15 is 0 Å². The molecule has 0 bridgehead atoms. The van der Waals surface area contributed by atoms with Gasteiger partial charge in [-0.2, -0.15) is 0 Å². The number of aromatic carboxylic acids is 1. The highest BCUT2D eigenvalue weighted by Crippen LogP contribution is 2.40. The zero-order chi connectivity index (χ0) is 17.7. The molecule has 2 aliphatic rings. The number of nitrogens with zero attached hydrogens (tertiary/aromatic N) is 2. The van der Waals surface area contributed by atoms with Crippen molar-refractivity contribution in [3.05, 3.63) is 40.1 Å². The fraction of sp³-hybridized carbons (Fsp3) is 0.294. The quantitative estimate of drug-likeness (QED) is 0.857. The average Bonchev–Trinajstić information content (AvgIpc) is 2.57. The van der Waals surface area contributed by atoms with Crippen LogP contribution in [0.2, 0.25) is 0 Å². The van der Waals surface area contributed by atoms with Gasteiger partial charge < -0.3 is 24.6 Å². The minimum atomic E-state index is -1.35. The number of ether oxygens (including phenoxy) is 1. The molecule has 0 aliphatic carbocycles. The Morgan fingerprint density at radius 3 is 3.00 bits per heavy atom. The van der Waals surface area contributed by atoms with Crippen LogP contribution >= 0.6 is 0 Å². The van der Waals surface area contributed by atoms with Gasteiger partial charge in [0.15, 0.2) is 11.6 Å². The zero-order valence-corrected chi connectivity index (χ0v) is 13.5. The minimum absolute atomic E-state index is 0.0105. The SMILES string of the molecule is CC1CN(c2c(F)cc3c(=O)c(C(=O)O)cn4c3c2OC=C4)CCN1. The number of halogens is 1. The van der Waals surface area contributed by atoms with Crippen LogP contribution in [0.1, 0.15) is 17.3 Å². The van der Waals surface area contributed by atoms with Gasteiger partial charge in [-0.05, 0) is 13.0 Å². The number of carboxylic acids is 1. The van der Waals surface area contributed by atoms with E-state index in [2.05, 4.69) is 5.32 Å². The van der Waals surface area contributed by atoms with Crippen molar-refractivity contribution in [3.63, 3.8) is 0 Å². The van der Waals surface area contributed by atoms with E-state index in [1.807, 2.05) is 11.8 Å².